The van der Waals surface area contributed by atoms with Gasteiger partial charge in [-0.15, -0.1) is 0 Å². The van der Waals surface area contributed by atoms with Crippen molar-refractivity contribution in [3.8, 4) is 5.75 Å². The molecule has 2 heterocycles. The van der Waals surface area contributed by atoms with Crippen molar-refractivity contribution < 1.29 is 18.7 Å². The van der Waals surface area contributed by atoms with Crippen LogP contribution >= 0.6 is 11.6 Å². The summed E-state index contributed by atoms with van der Waals surface area (Å²) in [6, 6.07) is 7.46. The van der Waals surface area contributed by atoms with Gasteiger partial charge in [0, 0.05) is 19.2 Å². The Balaban J connectivity index is 1.73. The van der Waals surface area contributed by atoms with Gasteiger partial charge in [-0.25, -0.2) is 14.2 Å². The second-order valence-corrected chi connectivity index (χ2v) is 5.88. The molecule has 0 N–H and O–H groups in total. The molecule has 2 aromatic rings. The Morgan fingerprint density at radius 3 is 2.83 bits per heavy atom. The molecule has 1 aromatic heterocycles. The Bertz CT molecular complexity index is 739. The Labute approximate surface area is 144 Å². The number of benzene rings is 1. The summed E-state index contributed by atoms with van der Waals surface area (Å²) in [7, 11) is 1.32. The van der Waals surface area contributed by atoms with Crippen molar-refractivity contribution in [2.45, 2.75) is 12.5 Å². The van der Waals surface area contributed by atoms with E-state index in [2.05, 4.69) is 4.98 Å². The summed E-state index contributed by atoms with van der Waals surface area (Å²) in [5.41, 5.74) is 0.326. The lowest BCUT2D eigenvalue weighted by Crippen LogP contribution is -2.27. The number of carbonyl (C=O) groups is 1. The summed E-state index contributed by atoms with van der Waals surface area (Å²) in [5, 5.41) is 0.373. The molecule has 1 unspecified atom stereocenters. The fraction of sp³-hybridized carbons (Fsp3) is 0.294. The molecular formula is C17H16ClFN2O3. The first-order valence-electron chi connectivity index (χ1n) is 7.48. The number of ether oxygens (including phenoxy) is 2. The molecule has 1 fully saturated rings. The van der Waals surface area contributed by atoms with Crippen LogP contribution in [0.5, 0.6) is 5.75 Å². The third-order valence-corrected chi connectivity index (χ3v) is 4.01. The summed E-state index contributed by atoms with van der Waals surface area (Å²) in [6.45, 7) is 1.25. The van der Waals surface area contributed by atoms with E-state index < -0.39 is 5.97 Å². The van der Waals surface area contributed by atoms with Crippen molar-refractivity contribution in [1.29, 1.82) is 0 Å². The van der Waals surface area contributed by atoms with Crippen molar-refractivity contribution in [1.82, 2.24) is 4.98 Å². The first-order valence-corrected chi connectivity index (χ1v) is 7.85. The minimum Gasteiger partial charge on any atom is -0.489 e. The van der Waals surface area contributed by atoms with Gasteiger partial charge in [-0.05, 0) is 30.3 Å². The summed E-state index contributed by atoms with van der Waals surface area (Å²) in [5.74, 6) is 0.350. The first kappa shape index (κ1) is 16.5. The van der Waals surface area contributed by atoms with Gasteiger partial charge in [0.1, 0.15) is 29.1 Å². The van der Waals surface area contributed by atoms with Crippen molar-refractivity contribution in [2.75, 3.05) is 25.1 Å². The molecule has 1 aliphatic heterocycles. The molecule has 0 spiro atoms. The summed E-state index contributed by atoms with van der Waals surface area (Å²) in [6.07, 6.45) is 2.19. The van der Waals surface area contributed by atoms with E-state index in [9.17, 15) is 9.18 Å². The number of rotatable bonds is 4. The zero-order chi connectivity index (χ0) is 17.1. The summed E-state index contributed by atoms with van der Waals surface area (Å²) >= 11 is 5.93. The van der Waals surface area contributed by atoms with E-state index in [4.69, 9.17) is 21.1 Å². The lowest BCUT2D eigenvalue weighted by molar-refractivity contribution is 0.0601. The SMILES string of the molecule is COC(=O)c1cc(Cl)cnc1N1CCC(Oc2ccc(F)cc2)C1. The van der Waals surface area contributed by atoms with E-state index in [0.29, 0.717) is 35.2 Å². The molecule has 0 amide bonds. The van der Waals surface area contributed by atoms with Crippen LogP contribution in [0.4, 0.5) is 10.2 Å². The number of hydrogen-bond donors (Lipinski definition) is 0. The highest BCUT2D eigenvalue weighted by Gasteiger charge is 2.28. The van der Waals surface area contributed by atoms with Gasteiger partial charge in [0.2, 0.25) is 0 Å². The average Bonchev–Trinajstić information content (AvgIpc) is 3.04. The van der Waals surface area contributed by atoms with Crippen molar-refractivity contribution in [3.05, 3.63) is 52.9 Å². The number of methoxy groups -OCH3 is 1. The number of anilines is 1. The van der Waals surface area contributed by atoms with Crippen LogP contribution in [0.25, 0.3) is 0 Å². The van der Waals surface area contributed by atoms with Gasteiger partial charge >= 0.3 is 5.97 Å². The van der Waals surface area contributed by atoms with Gasteiger partial charge in [-0.3, -0.25) is 0 Å². The van der Waals surface area contributed by atoms with Gasteiger partial charge in [0.25, 0.3) is 0 Å². The quantitative estimate of drug-likeness (QED) is 0.792. The van der Waals surface area contributed by atoms with Crippen molar-refractivity contribution in [2.24, 2.45) is 0 Å². The molecule has 126 valence electrons. The Hall–Kier alpha value is -2.34. The van der Waals surface area contributed by atoms with Gasteiger partial charge in [-0.2, -0.15) is 0 Å². The van der Waals surface area contributed by atoms with Crippen LogP contribution in [0.1, 0.15) is 16.8 Å². The number of carbonyl (C=O) groups excluding carboxylic acids is 1. The Morgan fingerprint density at radius 1 is 1.38 bits per heavy atom. The maximum atomic E-state index is 12.9. The molecule has 5 nitrogen and oxygen atoms in total. The van der Waals surface area contributed by atoms with Crippen LogP contribution in [-0.2, 0) is 4.74 Å². The summed E-state index contributed by atoms with van der Waals surface area (Å²) < 4.78 is 23.6. The van der Waals surface area contributed by atoms with Crippen LogP contribution in [0.15, 0.2) is 36.5 Å². The lowest BCUT2D eigenvalue weighted by atomic mass is 10.2. The number of esters is 1. The van der Waals surface area contributed by atoms with E-state index in [-0.39, 0.29) is 11.9 Å². The van der Waals surface area contributed by atoms with E-state index in [1.54, 1.807) is 18.2 Å². The molecule has 7 heteroatoms. The standard InChI is InChI=1S/C17H16ClFN2O3/c1-23-17(22)15-8-11(18)9-20-16(15)21-7-6-14(10-21)24-13-4-2-12(19)3-5-13/h2-5,8-9,14H,6-7,10H2,1H3. The number of pyridine rings is 1. The van der Waals surface area contributed by atoms with E-state index in [0.717, 1.165) is 6.42 Å². The highest BCUT2D eigenvalue weighted by molar-refractivity contribution is 6.30. The number of hydrogen-bond acceptors (Lipinski definition) is 5. The molecular weight excluding hydrogens is 335 g/mol. The minimum atomic E-state index is -0.483. The molecule has 0 bridgehead atoms. The molecule has 3 rings (SSSR count). The Kier molecular flexibility index (Phi) is 4.85. The van der Waals surface area contributed by atoms with Crippen LogP contribution in [0, 0.1) is 5.82 Å². The van der Waals surface area contributed by atoms with Crippen LogP contribution in [-0.4, -0.2) is 37.3 Å². The number of aromatic nitrogens is 1. The largest absolute Gasteiger partial charge is 0.489 e. The predicted molar refractivity (Wildman–Crippen MR) is 88.2 cm³/mol. The van der Waals surface area contributed by atoms with Gasteiger partial charge in [0.15, 0.2) is 0 Å². The molecule has 0 radical (unpaired) electrons. The van der Waals surface area contributed by atoms with E-state index in [1.165, 1.54) is 25.4 Å². The fourth-order valence-electron chi connectivity index (χ4n) is 2.67. The van der Waals surface area contributed by atoms with Crippen LogP contribution < -0.4 is 9.64 Å². The number of halogens is 2. The third kappa shape index (κ3) is 3.59. The molecule has 24 heavy (non-hydrogen) atoms. The molecule has 1 atom stereocenters. The predicted octanol–water partition coefficient (Wildman–Crippen LogP) is 3.32. The van der Waals surface area contributed by atoms with Crippen molar-refractivity contribution >= 4 is 23.4 Å². The second kappa shape index (κ2) is 7.05. The first-order chi connectivity index (χ1) is 11.6. The molecule has 1 saturated heterocycles. The molecule has 0 aliphatic carbocycles. The average molecular weight is 351 g/mol. The molecule has 1 aromatic carbocycles. The smallest absolute Gasteiger partial charge is 0.341 e. The van der Waals surface area contributed by atoms with Gasteiger partial charge in [0.05, 0.1) is 18.7 Å². The van der Waals surface area contributed by atoms with Crippen molar-refractivity contribution in [3.63, 3.8) is 0 Å². The Morgan fingerprint density at radius 2 is 2.12 bits per heavy atom. The second-order valence-electron chi connectivity index (χ2n) is 5.44. The van der Waals surface area contributed by atoms with Gasteiger partial charge in [-0.1, -0.05) is 11.6 Å². The van der Waals surface area contributed by atoms with Gasteiger partial charge < -0.3 is 14.4 Å². The fourth-order valence-corrected chi connectivity index (χ4v) is 2.82. The zero-order valence-electron chi connectivity index (χ0n) is 13.0. The maximum absolute atomic E-state index is 12.9. The highest BCUT2D eigenvalue weighted by Crippen LogP contribution is 2.27. The monoisotopic (exact) mass is 350 g/mol. The van der Waals surface area contributed by atoms with Crippen LogP contribution in [0.2, 0.25) is 5.02 Å². The zero-order valence-corrected chi connectivity index (χ0v) is 13.8. The van der Waals surface area contributed by atoms with E-state index >= 15 is 0 Å². The maximum Gasteiger partial charge on any atom is 0.341 e. The van der Waals surface area contributed by atoms with Crippen LogP contribution in [0.3, 0.4) is 0 Å². The normalized spacial score (nSPS) is 17.0. The number of nitrogens with zero attached hydrogens (tertiary/aromatic N) is 2. The highest BCUT2D eigenvalue weighted by atomic mass is 35.5. The lowest BCUT2D eigenvalue weighted by Gasteiger charge is -2.20. The van der Waals surface area contributed by atoms with E-state index in [1.807, 2.05) is 4.90 Å². The molecule has 1 aliphatic rings. The minimum absolute atomic E-state index is 0.0709. The summed E-state index contributed by atoms with van der Waals surface area (Å²) in [4.78, 5) is 18.2. The molecule has 0 saturated carbocycles. The topological polar surface area (TPSA) is 51.7 Å². The third-order valence-electron chi connectivity index (χ3n) is 3.80.